The van der Waals surface area contributed by atoms with Gasteiger partial charge in [0.2, 0.25) is 5.91 Å². The summed E-state index contributed by atoms with van der Waals surface area (Å²) in [5, 5.41) is 2.81. The lowest BCUT2D eigenvalue weighted by molar-refractivity contribution is -0.115. The van der Waals surface area contributed by atoms with Crippen LogP contribution in [0.3, 0.4) is 0 Å². The molecule has 0 fully saturated rings. The van der Waals surface area contributed by atoms with Crippen molar-refractivity contribution in [2.45, 2.75) is 13.3 Å². The molecule has 0 aliphatic carbocycles. The maximum atomic E-state index is 13.5. The number of carbonyl (C=O) groups excluding carboxylic acids is 1. The fourth-order valence-electron chi connectivity index (χ4n) is 2.27. The fraction of sp³-hybridized carbons (Fsp3) is 0.125. The fourth-order valence-corrected chi connectivity index (χ4v) is 2.27. The number of nitrogens with one attached hydrogen (secondary N) is 1. The lowest BCUT2D eigenvalue weighted by Crippen LogP contribution is -2.16. The number of amides is 1. The van der Waals surface area contributed by atoms with E-state index in [2.05, 4.69) is 10.3 Å². The average Bonchev–Trinajstić information content (AvgIpc) is 2.94. The number of carbonyl (C=O) groups is 1. The van der Waals surface area contributed by atoms with Crippen molar-refractivity contribution in [3.8, 4) is 0 Å². The van der Waals surface area contributed by atoms with Crippen molar-refractivity contribution in [3.63, 3.8) is 0 Å². The molecule has 0 atom stereocenters. The topological polar surface area (TPSA) is 46.4 Å². The highest BCUT2D eigenvalue weighted by atomic mass is 19.1. The van der Waals surface area contributed by atoms with E-state index in [1.165, 1.54) is 6.07 Å². The van der Waals surface area contributed by atoms with Gasteiger partial charge in [-0.2, -0.15) is 0 Å². The van der Waals surface area contributed by atoms with Gasteiger partial charge in [-0.05, 0) is 30.7 Å². The van der Waals surface area contributed by atoms with E-state index in [4.69, 9.17) is 0 Å². The highest BCUT2D eigenvalue weighted by Gasteiger charge is 2.10. The molecule has 2 aromatic heterocycles. The second kappa shape index (κ2) is 5.36. The zero-order valence-electron chi connectivity index (χ0n) is 11.5. The predicted molar refractivity (Wildman–Crippen MR) is 78.7 cm³/mol. The molecule has 3 aromatic rings. The summed E-state index contributed by atoms with van der Waals surface area (Å²) in [5.41, 5.74) is 2.78. The van der Waals surface area contributed by atoms with Gasteiger partial charge in [0.1, 0.15) is 11.5 Å². The summed E-state index contributed by atoms with van der Waals surface area (Å²) in [6.07, 6.45) is 3.54. The average molecular weight is 283 g/mol. The minimum atomic E-state index is -0.366. The standard InChI is InChI=1S/C16H14FN3O/c1-11-14(6-7-15-18-8-9-20(11)15)19-16(21)10-12-4-2-3-5-13(12)17/h2-9H,10H2,1H3,(H,19,21). The van der Waals surface area contributed by atoms with Gasteiger partial charge in [0.25, 0.3) is 0 Å². The summed E-state index contributed by atoms with van der Waals surface area (Å²) >= 11 is 0. The largest absolute Gasteiger partial charge is 0.324 e. The van der Waals surface area contributed by atoms with Crippen molar-refractivity contribution in [2.24, 2.45) is 0 Å². The number of aryl methyl sites for hydroxylation is 1. The first kappa shape index (κ1) is 13.3. The summed E-state index contributed by atoms with van der Waals surface area (Å²) in [6, 6.07) is 9.91. The van der Waals surface area contributed by atoms with Gasteiger partial charge in [0.05, 0.1) is 12.1 Å². The summed E-state index contributed by atoms with van der Waals surface area (Å²) in [6.45, 7) is 1.90. The third kappa shape index (κ3) is 2.63. The van der Waals surface area contributed by atoms with Crippen LogP contribution < -0.4 is 5.32 Å². The van der Waals surface area contributed by atoms with E-state index in [1.54, 1.807) is 30.5 Å². The van der Waals surface area contributed by atoms with Crippen LogP contribution in [-0.2, 0) is 11.2 Å². The maximum Gasteiger partial charge on any atom is 0.228 e. The van der Waals surface area contributed by atoms with E-state index in [0.717, 1.165) is 11.3 Å². The first-order valence-corrected chi connectivity index (χ1v) is 6.61. The molecule has 21 heavy (non-hydrogen) atoms. The minimum Gasteiger partial charge on any atom is -0.324 e. The van der Waals surface area contributed by atoms with Gasteiger partial charge in [-0.25, -0.2) is 9.37 Å². The second-order valence-corrected chi connectivity index (χ2v) is 4.80. The van der Waals surface area contributed by atoms with Crippen LogP contribution in [0.15, 0.2) is 48.8 Å². The van der Waals surface area contributed by atoms with Crippen LogP contribution in [0.4, 0.5) is 10.1 Å². The highest BCUT2D eigenvalue weighted by Crippen LogP contribution is 2.17. The first-order valence-electron chi connectivity index (χ1n) is 6.61. The van der Waals surface area contributed by atoms with E-state index in [1.807, 2.05) is 23.6 Å². The Balaban J connectivity index is 1.80. The quantitative estimate of drug-likeness (QED) is 0.803. The number of pyridine rings is 1. The van der Waals surface area contributed by atoms with Crippen LogP contribution in [0.2, 0.25) is 0 Å². The Morgan fingerprint density at radius 2 is 2.10 bits per heavy atom. The molecule has 1 amide bonds. The summed E-state index contributed by atoms with van der Waals surface area (Å²) in [4.78, 5) is 16.2. The van der Waals surface area contributed by atoms with Gasteiger partial charge in [-0.3, -0.25) is 4.79 Å². The molecule has 4 nitrogen and oxygen atoms in total. The number of hydrogen-bond donors (Lipinski definition) is 1. The van der Waals surface area contributed by atoms with Crippen molar-refractivity contribution < 1.29 is 9.18 Å². The smallest absolute Gasteiger partial charge is 0.228 e. The zero-order chi connectivity index (χ0) is 14.8. The molecule has 2 heterocycles. The van der Waals surface area contributed by atoms with E-state index in [-0.39, 0.29) is 18.1 Å². The third-order valence-electron chi connectivity index (χ3n) is 3.40. The molecule has 3 rings (SSSR count). The lowest BCUT2D eigenvalue weighted by Gasteiger charge is -2.10. The molecular weight excluding hydrogens is 269 g/mol. The summed E-state index contributed by atoms with van der Waals surface area (Å²) in [7, 11) is 0. The molecule has 0 saturated heterocycles. The van der Waals surface area contributed by atoms with Gasteiger partial charge >= 0.3 is 0 Å². The number of fused-ring (bicyclic) bond motifs is 1. The molecule has 106 valence electrons. The third-order valence-corrected chi connectivity index (χ3v) is 3.40. The maximum absolute atomic E-state index is 13.5. The van der Waals surface area contributed by atoms with Crippen LogP contribution in [0.25, 0.3) is 5.65 Å². The Kier molecular flexibility index (Phi) is 3.39. The SMILES string of the molecule is Cc1c(NC(=O)Cc2ccccc2F)ccc2nccn12. The molecule has 1 N–H and O–H groups in total. The molecule has 0 unspecified atom stereocenters. The van der Waals surface area contributed by atoms with Crippen molar-refractivity contribution in [3.05, 3.63) is 65.9 Å². The number of benzene rings is 1. The number of halogens is 1. The number of hydrogen-bond acceptors (Lipinski definition) is 2. The van der Waals surface area contributed by atoms with E-state index in [9.17, 15) is 9.18 Å². The van der Waals surface area contributed by atoms with Gasteiger partial charge in [-0.1, -0.05) is 18.2 Å². The minimum absolute atomic E-state index is 0.00801. The van der Waals surface area contributed by atoms with E-state index < -0.39 is 0 Å². The second-order valence-electron chi connectivity index (χ2n) is 4.80. The molecule has 0 radical (unpaired) electrons. The molecule has 0 aliphatic rings. The molecule has 5 heteroatoms. The number of imidazole rings is 1. The van der Waals surface area contributed by atoms with Crippen LogP contribution in [0, 0.1) is 12.7 Å². The zero-order valence-corrected chi connectivity index (χ0v) is 11.5. The molecular formula is C16H14FN3O. The predicted octanol–water partition coefficient (Wildman–Crippen LogP) is 2.96. The van der Waals surface area contributed by atoms with Gasteiger partial charge < -0.3 is 9.72 Å². The van der Waals surface area contributed by atoms with Crippen LogP contribution in [0.5, 0.6) is 0 Å². The molecule has 0 bridgehead atoms. The van der Waals surface area contributed by atoms with Crippen LogP contribution >= 0.6 is 0 Å². The lowest BCUT2D eigenvalue weighted by atomic mass is 10.1. The monoisotopic (exact) mass is 283 g/mol. The van der Waals surface area contributed by atoms with Gasteiger partial charge in [0.15, 0.2) is 0 Å². The molecule has 0 saturated carbocycles. The molecule has 0 spiro atoms. The Bertz CT molecular complexity index is 810. The number of nitrogens with zero attached hydrogens (tertiary/aromatic N) is 2. The van der Waals surface area contributed by atoms with E-state index in [0.29, 0.717) is 11.3 Å². The number of anilines is 1. The number of rotatable bonds is 3. The van der Waals surface area contributed by atoms with Crippen molar-refractivity contribution in [2.75, 3.05) is 5.32 Å². The Morgan fingerprint density at radius 3 is 2.90 bits per heavy atom. The van der Waals surface area contributed by atoms with Crippen molar-refractivity contribution >= 4 is 17.2 Å². The first-order chi connectivity index (χ1) is 10.1. The number of aromatic nitrogens is 2. The highest BCUT2D eigenvalue weighted by molar-refractivity contribution is 5.93. The van der Waals surface area contributed by atoms with Gasteiger partial charge in [0, 0.05) is 18.1 Å². The summed E-state index contributed by atoms with van der Waals surface area (Å²) in [5.74, 6) is -0.614. The molecule has 1 aromatic carbocycles. The van der Waals surface area contributed by atoms with Crippen molar-refractivity contribution in [1.29, 1.82) is 0 Å². The normalized spacial score (nSPS) is 10.8. The Morgan fingerprint density at radius 1 is 1.29 bits per heavy atom. The van der Waals surface area contributed by atoms with Crippen LogP contribution in [-0.4, -0.2) is 15.3 Å². The molecule has 0 aliphatic heterocycles. The van der Waals surface area contributed by atoms with Crippen molar-refractivity contribution in [1.82, 2.24) is 9.38 Å². The summed E-state index contributed by atoms with van der Waals surface area (Å²) < 4.78 is 15.4. The Hall–Kier alpha value is -2.69. The Labute approximate surface area is 121 Å². The van der Waals surface area contributed by atoms with E-state index >= 15 is 0 Å². The van der Waals surface area contributed by atoms with Crippen LogP contribution in [0.1, 0.15) is 11.3 Å². The van der Waals surface area contributed by atoms with Gasteiger partial charge in [-0.15, -0.1) is 0 Å².